The normalized spacial score (nSPS) is 12.9. The van der Waals surface area contributed by atoms with E-state index in [2.05, 4.69) is 16.9 Å². The van der Waals surface area contributed by atoms with Crippen molar-refractivity contribution in [2.45, 2.75) is 26.2 Å². The highest BCUT2D eigenvalue weighted by Crippen LogP contribution is 2.29. The fourth-order valence-corrected chi connectivity index (χ4v) is 3.45. The van der Waals surface area contributed by atoms with Crippen LogP contribution in [0.25, 0.3) is 6.08 Å². The van der Waals surface area contributed by atoms with Gasteiger partial charge >= 0.3 is 0 Å². The molecule has 0 atom stereocenters. The minimum absolute atomic E-state index is 0.192. The van der Waals surface area contributed by atoms with Crippen LogP contribution in [0.5, 0.6) is 11.5 Å². The molecule has 0 aliphatic carbocycles. The number of para-hydroxylation sites is 1. The summed E-state index contributed by atoms with van der Waals surface area (Å²) in [5.41, 5.74) is 8.01. The molecular weight excluding hydrogens is 394 g/mol. The maximum Gasteiger partial charge on any atom is 0.262 e. The molecule has 0 fully saturated rings. The summed E-state index contributed by atoms with van der Waals surface area (Å²) in [6.45, 7) is 3.65. The lowest BCUT2D eigenvalue weighted by Crippen LogP contribution is -2.47. The Hall–Kier alpha value is -3.48. The molecule has 7 nitrogen and oxygen atoms in total. The average Bonchev–Trinajstić information content (AvgIpc) is 2.80. The summed E-state index contributed by atoms with van der Waals surface area (Å²) in [5, 5.41) is 0. The van der Waals surface area contributed by atoms with Crippen molar-refractivity contribution in [3.63, 3.8) is 0 Å². The first kappa shape index (κ1) is 22.2. The van der Waals surface area contributed by atoms with Crippen molar-refractivity contribution < 1.29 is 19.1 Å². The van der Waals surface area contributed by atoms with Gasteiger partial charge in [-0.3, -0.25) is 20.4 Å². The van der Waals surface area contributed by atoms with Crippen molar-refractivity contribution >= 4 is 23.6 Å². The van der Waals surface area contributed by atoms with E-state index in [0.717, 1.165) is 37.1 Å². The lowest BCUT2D eigenvalue weighted by Gasteiger charge is -2.30. The Morgan fingerprint density at radius 1 is 1.13 bits per heavy atom. The number of rotatable bonds is 8. The van der Waals surface area contributed by atoms with E-state index < -0.39 is 5.91 Å². The monoisotopic (exact) mass is 423 g/mol. The van der Waals surface area contributed by atoms with Crippen molar-refractivity contribution in [2.24, 2.45) is 0 Å². The van der Waals surface area contributed by atoms with Crippen LogP contribution in [0.15, 0.2) is 48.5 Å². The average molecular weight is 424 g/mol. The molecule has 1 aliphatic rings. The molecule has 2 aromatic carbocycles. The van der Waals surface area contributed by atoms with Gasteiger partial charge in [-0.1, -0.05) is 31.2 Å². The molecule has 0 saturated heterocycles. The van der Waals surface area contributed by atoms with Crippen molar-refractivity contribution in [2.75, 3.05) is 31.7 Å². The maximum absolute atomic E-state index is 12.3. The molecule has 31 heavy (non-hydrogen) atoms. The SMILES string of the molecule is CCCOc1ccc(/C=C/C(=O)NNC(=O)CN2CCCc3ccccc32)cc1OC. The zero-order valence-electron chi connectivity index (χ0n) is 18.0. The number of methoxy groups -OCH3 is 1. The van der Waals surface area contributed by atoms with Crippen LogP contribution < -0.4 is 25.2 Å². The van der Waals surface area contributed by atoms with E-state index in [4.69, 9.17) is 9.47 Å². The number of aryl methyl sites for hydroxylation is 1. The van der Waals surface area contributed by atoms with Crippen LogP contribution in [-0.2, 0) is 16.0 Å². The number of anilines is 1. The van der Waals surface area contributed by atoms with Gasteiger partial charge in [0.25, 0.3) is 11.8 Å². The molecule has 2 amide bonds. The van der Waals surface area contributed by atoms with Gasteiger partial charge in [0.1, 0.15) is 0 Å². The van der Waals surface area contributed by atoms with Gasteiger partial charge < -0.3 is 14.4 Å². The van der Waals surface area contributed by atoms with Gasteiger partial charge in [-0.25, -0.2) is 0 Å². The van der Waals surface area contributed by atoms with Crippen LogP contribution in [0.3, 0.4) is 0 Å². The second-order valence-electron chi connectivity index (χ2n) is 7.28. The smallest absolute Gasteiger partial charge is 0.262 e. The first-order chi connectivity index (χ1) is 15.1. The Kier molecular flexibility index (Phi) is 7.92. The number of nitrogens with one attached hydrogen (secondary N) is 2. The van der Waals surface area contributed by atoms with Gasteiger partial charge in [0.2, 0.25) is 0 Å². The predicted octanol–water partition coefficient (Wildman–Crippen LogP) is 3.10. The second-order valence-corrected chi connectivity index (χ2v) is 7.28. The summed E-state index contributed by atoms with van der Waals surface area (Å²) in [6.07, 6.45) is 5.94. The summed E-state index contributed by atoms with van der Waals surface area (Å²) in [6, 6.07) is 13.5. The topological polar surface area (TPSA) is 79.9 Å². The molecule has 7 heteroatoms. The summed E-state index contributed by atoms with van der Waals surface area (Å²) in [5.74, 6) is 0.582. The minimum Gasteiger partial charge on any atom is -0.493 e. The highest BCUT2D eigenvalue weighted by Gasteiger charge is 2.18. The van der Waals surface area contributed by atoms with E-state index in [1.807, 2.05) is 42.2 Å². The predicted molar refractivity (Wildman–Crippen MR) is 121 cm³/mol. The van der Waals surface area contributed by atoms with Crippen LogP contribution in [-0.4, -0.2) is 38.6 Å². The maximum atomic E-state index is 12.3. The molecule has 0 saturated carbocycles. The second kappa shape index (κ2) is 11.1. The van der Waals surface area contributed by atoms with E-state index in [9.17, 15) is 9.59 Å². The summed E-state index contributed by atoms with van der Waals surface area (Å²) in [7, 11) is 1.57. The standard InChI is InChI=1S/C24H29N3O4/c1-3-15-31-21-12-10-18(16-22(21)30-2)11-13-23(28)25-26-24(29)17-27-14-6-8-19-7-4-5-9-20(19)27/h4-5,7,9-13,16H,3,6,8,14-15,17H2,1-2H3,(H,25,28)(H,26,29)/b13-11+. The van der Waals surface area contributed by atoms with Gasteiger partial charge in [0, 0.05) is 18.3 Å². The third kappa shape index (κ3) is 6.25. The Bertz CT molecular complexity index is 942. The Morgan fingerprint density at radius 2 is 1.97 bits per heavy atom. The van der Waals surface area contributed by atoms with Crippen LogP contribution in [0.4, 0.5) is 5.69 Å². The van der Waals surface area contributed by atoms with Crippen molar-refractivity contribution in [1.82, 2.24) is 10.9 Å². The van der Waals surface area contributed by atoms with Gasteiger partial charge in [0.15, 0.2) is 11.5 Å². The summed E-state index contributed by atoms with van der Waals surface area (Å²) >= 11 is 0. The Balaban J connectivity index is 1.50. The zero-order chi connectivity index (χ0) is 22.1. The fourth-order valence-electron chi connectivity index (χ4n) is 3.45. The number of hydrazine groups is 1. The van der Waals surface area contributed by atoms with Gasteiger partial charge in [-0.05, 0) is 54.7 Å². The number of carbonyl (C=O) groups is 2. The van der Waals surface area contributed by atoms with Gasteiger partial charge in [0.05, 0.1) is 20.3 Å². The lowest BCUT2D eigenvalue weighted by molar-refractivity contribution is -0.125. The number of hydrogen-bond acceptors (Lipinski definition) is 5. The molecular formula is C24H29N3O4. The van der Waals surface area contributed by atoms with Crippen LogP contribution in [0.2, 0.25) is 0 Å². The third-order valence-corrected chi connectivity index (χ3v) is 4.94. The largest absolute Gasteiger partial charge is 0.493 e. The highest BCUT2D eigenvalue weighted by molar-refractivity contribution is 5.93. The number of carbonyl (C=O) groups excluding carboxylic acids is 2. The molecule has 0 bridgehead atoms. The first-order valence-corrected chi connectivity index (χ1v) is 10.5. The molecule has 0 unspecified atom stereocenters. The molecule has 3 rings (SSSR count). The molecule has 1 aliphatic heterocycles. The van der Waals surface area contributed by atoms with E-state index in [-0.39, 0.29) is 12.5 Å². The lowest BCUT2D eigenvalue weighted by atomic mass is 10.0. The number of ether oxygens (including phenoxy) is 2. The van der Waals surface area contributed by atoms with Crippen LogP contribution in [0.1, 0.15) is 30.9 Å². The quantitative estimate of drug-likeness (QED) is 0.504. The number of hydrogen-bond donors (Lipinski definition) is 2. The number of benzene rings is 2. The summed E-state index contributed by atoms with van der Waals surface area (Å²) in [4.78, 5) is 26.4. The van der Waals surface area contributed by atoms with Crippen LogP contribution >= 0.6 is 0 Å². The Morgan fingerprint density at radius 3 is 2.77 bits per heavy atom. The van der Waals surface area contributed by atoms with Crippen molar-refractivity contribution in [3.8, 4) is 11.5 Å². The fraction of sp³-hybridized carbons (Fsp3) is 0.333. The van der Waals surface area contributed by atoms with Gasteiger partial charge in [-0.15, -0.1) is 0 Å². The van der Waals surface area contributed by atoms with Crippen molar-refractivity contribution in [3.05, 3.63) is 59.7 Å². The van der Waals surface area contributed by atoms with E-state index in [0.29, 0.717) is 18.1 Å². The first-order valence-electron chi connectivity index (χ1n) is 10.5. The molecule has 0 radical (unpaired) electrons. The minimum atomic E-state index is -0.419. The van der Waals surface area contributed by atoms with E-state index in [1.165, 1.54) is 11.6 Å². The molecule has 2 aromatic rings. The highest BCUT2D eigenvalue weighted by atomic mass is 16.5. The van der Waals surface area contributed by atoms with Crippen molar-refractivity contribution in [1.29, 1.82) is 0 Å². The Labute approximate surface area is 183 Å². The van der Waals surface area contributed by atoms with Gasteiger partial charge in [-0.2, -0.15) is 0 Å². The van der Waals surface area contributed by atoms with E-state index >= 15 is 0 Å². The molecule has 2 N–H and O–H groups in total. The summed E-state index contributed by atoms with van der Waals surface area (Å²) < 4.78 is 11.0. The molecule has 1 heterocycles. The molecule has 0 spiro atoms. The number of amides is 2. The number of fused-ring (bicyclic) bond motifs is 1. The van der Waals surface area contributed by atoms with E-state index in [1.54, 1.807) is 19.3 Å². The third-order valence-electron chi connectivity index (χ3n) is 4.94. The zero-order valence-corrected chi connectivity index (χ0v) is 18.0. The molecule has 164 valence electrons. The molecule has 0 aromatic heterocycles. The number of nitrogens with zero attached hydrogens (tertiary/aromatic N) is 1. The van der Waals surface area contributed by atoms with Crippen LogP contribution in [0, 0.1) is 0 Å².